The summed E-state index contributed by atoms with van der Waals surface area (Å²) in [6.07, 6.45) is 0. The van der Waals surface area contributed by atoms with Crippen molar-refractivity contribution in [1.29, 1.82) is 0 Å². The molecule has 0 heterocycles. The Labute approximate surface area is 47.8 Å². The normalized spacial score (nSPS) is 7.83. The molecule has 0 radical (unpaired) electrons. The molecule has 0 aromatic rings. The third-order valence-corrected chi connectivity index (χ3v) is 1.01. The Bertz CT molecular complexity index is 74.8. The Morgan fingerprint density at radius 2 is 1.67 bits per heavy atom. The summed E-state index contributed by atoms with van der Waals surface area (Å²) < 4.78 is -0.435. The zero-order valence-electron chi connectivity index (χ0n) is 3.12. The van der Waals surface area contributed by atoms with Crippen LogP contribution in [0.25, 0.3) is 0 Å². The molecule has 6 heavy (non-hydrogen) atoms. The van der Waals surface area contributed by atoms with E-state index >= 15 is 0 Å². The van der Waals surface area contributed by atoms with Crippen LogP contribution in [0.15, 0.2) is 0 Å². The molecular formula is C3H3AuO2. The standard InChI is InChI=1S/C3H3O2.Au/c1-3(5)2-4;/h1H3;. The third-order valence-electron chi connectivity index (χ3n) is 0.250. The topological polar surface area (TPSA) is 34.1 Å². The van der Waals surface area contributed by atoms with Gasteiger partial charge in [0.1, 0.15) is 0 Å². The zero-order valence-corrected chi connectivity index (χ0v) is 5.28. The summed E-state index contributed by atoms with van der Waals surface area (Å²) in [5.41, 5.74) is 0. The van der Waals surface area contributed by atoms with Crippen LogP contribution in [-0.4, -0.2) is 9.78 Å². The van der Waals surface area contributed by atoms with Crippen molar-refractivity contribution in [3.8, 4) is 0 Å². The summed E-state index contributed by atoms with van der Waals surface area (Å²) in [5, 5.41) is 0. The SMILES string of the molecule is CC(=O)[C](=O)[Au]. The van der Waals surface area contributed by atoms with E-state index in [4.69, 9.17) is 0 Å². The Balaban J connectivity index is 3.57. The molecule has 2 nitrogen and oxygen atoms in total. The number of ketones is 1. The Kier molecular flexibility index (Phi) is 2.32. The van der Waals surface area contributed by atoms with Crippen molar-refractivity contribution in [2.24, 2.45) is 0 Å². The van der Waals surface area contributed by atoms with E-state index in [0.29, 0.717) is 0 Å². The minimum atomic E-state index is -0.435. The predicted octanol–water partition coefficient (Wildman–Crippen LogP) is -0.351. The molecule has 0 aliphatic rings. The van der Waals surface area contributed by atoms with Crippen LogP contribution in [0.5, 0.6) is 0 Å². The first-order valence-electron chi connectivity index (χ1n) is 1.31. The summed E-state index contributed by atoms with van der Waals surface area (Å²) in [4.78, 5) is 19.5. The van der Waals surface area contributed by atoms with Gasteiger partial charge in [0.05, 0.1) is 0 Å². The fourth-order valence-corrected chi connectivity index (χ4v) is 0. The molecule has 0 fully saturated rings. The molecule has 0 aromatic carbocycles. The van der Waals surface area contributed by atoms with Crippen LogP contribution in [-0.2, 0) is 30.7 Å². The minimum absolute atomic E-state index is 0.404. The van der Waals surface area contributed by atoms with Crippen LogP contribution in [0.3, 0.4) is 0 Å². The monoisotopic (exact) mass is 268 g/mol. The Morgan fingerprint density at radius 1 is 1.50 bits per heavy atom. The molecule has 0 spiro atoms. The van der Waals surface area contributed by atoms with E-state index in [1.807, 2.05) is 0 Å². The Morgan fingerprint density at radius 3 is 1.67 bits per heavy atom. The summed E-state index contributed by atoms with van der Waals surface area (Å²) in [6.45, 7) is 1.24. The van der Waals surface area contributed by atoms with E-state index in [1.54, 1.807) is 21.1 Å². The number of hydrogen-bond donors (Lipinski definition) is 0. The summed E-state index contributed by atoms with van der Waals surface area (Å²) in [7, 11) is 0. The molecule has 38 valence electrons. The Hall–Kier alpha value is 0.0803. The van der Waals surface area contributed by atoms with Crippen LogP contribution < -0.4 is 0 Å². The second kappa shape index (κ2) is 2.29. The van der Waals surface area contributed by atoms with Crippen molar-refractivity contribution in [1.82, 2.24) is 0 Å². The number of carbonyl (C=O) groups excluding carboxylic acids is 2. The van der Waals surface area contributed by atoms with Crippen LogP contribution in [0, 0.1) is 0 Å². The molecule has 0 aliphatic carbocycles. The van der Waals surface area contributed by atoms with E-state index in [1.165, 1.54) is 6.92 Å². The van der Waals surface area contributed by atoms with Gasteiger partial charge >= 0.3 is 47.4 Å². The molecule has 0 saturated heterocycles. The summed E-state index contributed by atoms with van der Waals surface area (Å²) in [6, 6.07) is 0. The summed E-state index contributed by atoms with van der Waals surface area (Å²) >= 11 is 1.61. The maximum absolute atomic E-state index is 9.78. The van der Waals surface area contributed by atoms with E-state index in [9.17, 15) is 9.59 Å². The van der Waals surface area contributed by atoms with Gasteiger partial charge in [0.2, 0.25) is 0 Å². The van der Waals surface area contributed by atoms with E-state index < -0.39 is 9.78 Å². The molecule has 0 atom stereocenters. The first-order chi connectivity index (χ1) is 2.64. The first-order valence-corrected chi connectivity index (χ1v) is 2.39. The predicted molar refractivity (Wildman–Crippen MR) is 15.7 cm³/mol. The quantitative estimate of drug-likeness (QED) is 0.481. The summed E-state index contributed by atoms with van der Waals surface area (Å²) in [5.74, 6) is -0.404. The van der Waals surface area contributed by atoms with Gasteiger partial charge in [-0.2, -0.15) is 0 Å². The number of carbonyl (C=O) groups is 2. The van der Waals surface area contributed by atoms with Crippen molar-refractivity contribution in [3.05, 3.63) is 0 Å². The van der Waals surface area contributed by atoms with Crippen LogP contribution in [0.2, 0.25) is 0 Å². The van der Waals surface area contributed by atoms with Crippen molar-refractivity contribution in [3.63, 3.8) is 0 Å². The first kappa shape index (κ1) is 6.08. The van der Waals surface area contributed by atoms with Gasteiger partial charge in [-0.05, 0) is 0 Å². The molecule has 0 bridgehead atoms. The molecular weight excluding hydrogens is 265 g/mol. The van der Waals surface area contributed by atoms with Gasteiger partial charge in [0.15, 0.2) is 0 Å². The van der Waals surface area contributed by atoms with Gasteiger partial charge in [-0.15, -0.1) is 0 Å². The van der Waals surface area contributed by atoms with Crippen molar-refractivity contribution < 1.29 is 30.7 Å². The molecule has 0 saturated carbocycles. The second-order valence-corrected chi connectivity index (χ2v) is 1.78. The van der Waals surface area contributed by atoms with E-state index in [-0.39, 0.29) is 0 Å². The fourth-order valence-electron chi connectivity index (χ4n) is 0. The van der Waals surface area contributed by atoms with E-state index in [0.717, 1.165) is 0 Å². The second-order valence-electron chi connectivity index (χ2n) is 0.795. The molecule has 0 aliphatic heterocycles. The van der Waals surface area contributed by atoms with Crippen LogP contribution >= 0.6 is 0 Å². The van der Waals surface area contributed by atoms with Gasteiger partial charge in [-0.1, -0.05) is 0 Å². The fraction of sp³-hybridized carbons (Fsp3) is 0.333. The van der Waals surface area contributed by atoms with Crippen LogP contribution in [0.4, 0.5) is 0 Å². The van der Waals surface area contributed by atoms with Gasteiger partial charge in [-0.3, -0.25) is 0 Å². The molecule has 3 heteroatoms. The van der Waals surface area contributed by atoms with E-state index in [2.05, 4.69) is 0 Å². The van der Waals surface area contributed by atoms with Gasteiger partial charge < -0.3 is 0 Å². The number of hydrogen-bond acceptors (Lipinski definition) is 2. The molecule has 0 rings (SSSR count). The third kappa shape index (κ3) is 2.33. The van der Waals surface area contributed by atoms with Crippen molar-refractivity contribution in [2.75, 3.05) is 0 Å². The van der Waals surface area contributed by atoms with Crippen molar-refractivity contribution in [2.45, 2.75) is 6.92 Å². The maximum atomic E-state index is 9.78. The van der Waals surface area contributed by atoms with Crippen molar-refractivity contribution >= 4 is 9.78 Å². The molecule has 0 N–H and O–H groups in total. The average Bonchev–Trinajstić information content (AvgIpc) is 1.36. The number of rotatable bonds is 1. The molecule has 0 amide bonds. The molecule has 0 aromatic heterocycles. The van der Waals surface area contributed by atoms with Gasteiger partial charge in [0, 0.05) is 0 Å². The zero-order chi connectivity index (χ0) is 5.15. The van der Waals surface area contributed by atoms with Gasteiger partial charge in [0.25, 0.3) is 0 Å². The average molecular weight is 268 g/mol. The molecule has 0 unspecified atom stereocenters. The number of Topliss-reactive ketones (excluding diaryl/α,β-unsaturated/α-hetero) is 1. The van der Waals surface area contributed by atoms with Gasteiger partial charge in [-0.25, -0.2) is 0 Å². The van der Waals surface area contributed by atoms with Crippen LogP contribution in [0.1, 0.15) is 6.92 Å².